The standard InChI is InChI=1S/C46H48N2O8/c1-27-23-31-33(25-35(51-3)43(55-7)39(31)45(49)47-21-19-29-15-11-9-12-16-29)41(53-5)37(27)38-28(2)24-32-34(42(38)54-6)26-36(52-4)44(56-8)40(32)46(50)48-22-20-30-17-13-10-14-18-30/h9-18,23-26H,19-22H2,1-8H3,(H,47,49)(H,48,50). The number of benzene rings is 6. The Morgan fingerprint density at radius 1 is 0.464 bits per heavy atom. The van der Waals surface area contributed by atoms with Crippen LogP contribution in [0.4, 0.5) is 0 Å². The molecule has 0 aliphatic carbocycles. The number of nitrogens with one attached hydrogen (secondary N) is 2. The van der Waals surface area contributed by atoms with Crippen molar-refractivity contribution in [2.24, 2.45) is 0 Å². The van der Waals surface area contributed by atoms with Gasteiger partial charge in [-0.05, 0) is 73.2 Å². The summed E-state index contributed by atoms with van der Waals surface area (Å²) in [5.41, 5.74) is 6.05. The topological polar surface area (TPSA) is 114 Å². The van der Waals surface area contributed by atoms with Crippen LogP contribution in [0.25, 0.3) is 32.7 Å². The van der Waals surface area contributed by atoms with Gasteiger partial charge in [0, 0.05) is 45.8 Å². The number of carbonyl (C=O) groups excluding carboxylic acids is 2. The fourth-order valence-electron chi connectivity index (χ4n) is 7.50. The van der Waals surface area contributed by atoms with Crippen LogP contribution in [0.2, 0.25) is 0 Å². The fraction of sp³-hybridized carbons (Fsp3) is 0.261. The molecule has 0 fully saturated rings. The summed E-state index contributed by atoms with van der Waals surface area (Å²) in [4.78, 5) is 28.1. The average Bonchev–Trinajstić information content (AvgIpc) is 3.22. The van der Waals surface area contributed by atoms with Gasteiger partial charge in [-0.1, -0.05) is 60.7 Å². The molecule has 0 aliphatic heterocycles. The molecule has 0 spiro atoms. The molecule has 0 atom stereocenters. The summed E-state index contributed by atoms with van der Waals surface area (Å²) >= 11 is 0. The van der Waals surface area contributed by atoms with E-state index in [1.54, 1.807) is 14.2 Å². The zero-order valence-electron chi connectivity index (χ0n) is 33.2. The van der Waals surface area contributed by atoms with Gasteiger partial charge in [-0.25, -0.2) is 0 Å². The van der Waals surface area contributed by atoms with Crippen molar-refractivity contribution in [1.82, 2.24) is 10.6 Å². The van der Waals surface area contributed by atoms with E-state index in [-0.39, 0.29) is 11.8 Å². The minimum Gasteiger partial charge on any atom is -0.495 e. The number of rotatable bonds is 15. The molecule has 0 aliphatic rings. The maximum Gasteiger partial charge on any atom is 0.255 e. The highest BCUT2D eigenvalue weighted by molar-refractivity contribution is 6.16. The molecule has 0 saturated carbocycles. The first-order valence-electron chi connectivity index (χ1n) is 18.4. The quantitative estimate of drug-likeness (QED) is 0.108. The van der Waals surface area contributed by atoms with E-state index >= 15 is 0 Å². The second kappa shape index (κ2) is 17.4. The third kappa shape index (κ3) is 7.47. The Morgan fingerprint density at radius 2 is 0.821 bits per heavy atom. The van der Waals surface area contributed by atoms with Crippen molar-refractivity contribution < 1.29 is 38.0 Å². The van der Waals surface area contributed by atoms with Crippen LogP contribution in [0.15, 0.2) is 84.9 Å². The maximum atomic E-state index is 14.0. The molecule has 2 N–H and O–H groups in total. The molecule has 0 heterocycles. The van der Waals surface area contributed by atoms with Crippen molar-refractivity contribution in [3.05, 3.63) is 118 Å². The van der Waals surface area contributed by atoms with Gasteiger partial charge in [-0.2, -0.15) is 0 Å². The molecule has 0 aromatic heterocycles. The van der Waals surface area contributed by atoms with E-state index in [4.69, 9.17) is 28.4 Å². The Bertz CT molecular complexity index is 2230. The number of carbonyl (C=O) groups is 2. The van der Waals surface area contributed by atoms with Gasteiger partial charge in [0.25, 0.3) is 11.8 Å². The van der Waals surface area contributed by atoms with Crippen LogP contribution in [0.5, 0.6) is 34.5 Å². The van der Waals surface area contributed by atoms with E-state index in [1.165, 1.54) is 28.4 Å². The monoisotopic (exact) mass is 756 g/mol. The van der Waals surface area contributed by atoms with E-state index in [0.717, 1.165) is 33.4 Å². The van der Waals surface area contributed by atoms with Crippen molar-refractivity contribution in [2.75, 3.05) is 55.7 Å². The van der Waals surface area contributed by atoms with Crippen molar-refractivity contribution in [3.8, 4) is 45.6 Å². The highest BCUT2D eigenvalue weighted by Crippen LogP contribution is 2.52. The minimum atomic E-state index is -0.300. The fourth-order valence-corrected chi connectivity index (χ4v) is 7.50. The molecule has 0 unspecified atom stereocenters. The highest BCUT2D eigenvalue weighted by atomic mass is 16.5. The van der Waals surface area contributed by atoms with Crippen molar-refractivity contribution in [1.29, 1.82) is 0 Å². The van der Waals surface area contributed by atoms with Crippen molar-refractivity contribution >= 4 is 33.4 Å². The lowest BCUT2D eigenvalue weighted by Gasteiger charge is -2.24. The molecule has 290 valence electrons. The van der Waals surface area contributed by atoms with Gasteiger partial charge in [0.1, 0.15) is 11.5 Å². The third-order valence-corrected chi connectivity index (χ3v) is 10.1. The third-order valence-electron chi connectivity index (χ3n) is 10.1. The van der Waals surface area contributed by atoms with Crippen LogP contribution in [-0.4, -0.2) is 67.6 Å². The van der Waals surface area contributed by atoms with E-state index in [2.05, 4.69) is 10.6 Å². The van der Waals surface area contributed by atoms with Gasteiger partial charge in [-0.15, -0.1) is 0 Å². The van der Waals surface area contributed by atoms with Crippen molar-refractivity contribution in [3.63, 3.8) is 0 Å². The molecule has 56 heavy (non-hydrogen) atoms. The second-order valence-corrected chi connectivity index (χ2v) is 13.4. The molecular weight excluding hydrogens is 709 g/mol. The average molecular weight is 757 g/mol. The molecule has 6 aromatic rings. The highest BCUT2D eigenvalue weighted by Gasteiger charge is 2.30. The van der Waals surface area contributed by atoms with Crippen LogP contribution >= 0.6 is 0 Å². The Hall–Kier alpha value is -6.42. The number of amides is 2. The molecule has 10 nitrogen and oxygen atoms in total. The summed E-state index contributed by atoms with van der Waals surface area (Å²) in [6, 6.07) is 27.5. The second-order valence-electron chi connectivity index (χ2n) is 13.4. The largest absolute Gasteiger partial charge is 0.495 e. The summed E-state index contributed by atoms with van der Waals surface area (Å²) in [5.74, 6) is 1.82. The van der Waals surface area contributed by atoms with Gasteiger partial charge < -0.3 is 39.1 Å². The van der Waals surface area contributed by atoms with Gasteiger partial charge in [-0.3, -0.25) is 9.59 Å². The zero-order valence-corrected chi connectivity index (χ0v) is 33.2. The molecule has 6 rings (SSSR count). The lowest BCUT2D eigenvalue weighted by molar-refractivity contribution is 0.0943. The predicted molar refractivity (Wildman–Crippen MR) is 221 cm³/mol. The lowest BCUT2D eigenvalue weighted by Crippen LogP contribution is -2.26. The normalized spacial score (nSPS) is 10.9. The van der Waals surface area contributed by atoms with Gasteiger partial charge >= 0.3 is 0 Å². The molecule has 10 heteroatoms. The van der Waals surface area contributed by atoms with Crippen LogP contribution in [-0.2, 0) is 12.8 Å². The number of hydrogen-bond acceptors (Lipinski definition) is 8. The van der Waals surface area contributed by atoms with Crippen LogP contribution in [0.3, 0.4) is 0 Å². The summed E-state index contributed by atoms with van der Waals surface area (Å²) in [6.45, 7) is 4.78. The van der Waals surface area contributed by atoms with E-state index in [0.29, 0.717) is 93.1 Å². The number of hydrogen-bond donors (Lipinski definition) is 2. The summed E-state index contributed by atoms with van der Waals surface area (Å²) < 4.78 is 35.7. The SMILES string of the molecule is COc1cc2c(OC)c(-c3c(C)cc4c(C(=O)NCCc5ccccc5)c(OC)c(OC)cc4c3OC)c(C)cc2c(C(=O)NCCc2ccccc2)c1OC. The summed E-state index contributed by atoms with van der Waals surface area (Å²) in [6.07, 6.45) is 1.33. The summed E-state index contributed by atoms with van der Waals surface area (Å²) in [7, 11) is 9.32. The molecule has 0 saturated heterocycles. The van der Waals surface area contributed by atoms with Gasteiger partial charge in [0.2, 0.25) is 0 Å². The van der Waals surface area contributed by atoms with Gasteiger partial charge in [0.15, 0.2) is 23.0 Å². The molecular formula is C46H48N2O8. The first-order valence-corrected chi connectivity index (χ1v) is 18.4. The van der Waals surface area contributed by atoms with Crippen LogP contribution < -0.4 is 39.1 Å². The summed E-state index contributed by atoms with van der Waals surface area (Å²) in [5, 5.41) is 8.72. The number of fused-ring (bicyclic) bond motifs is 2. The van der Waals surface area contributed by atoms with E-state index < -0.39 is 0 Å². The zero-order chi connectivity index (χ0) is 39.9. The first-order chi connectivity index (χ1) is 27.2. The number of methoxy groups -OCH3 is 6. The van der Waals surface area contributed by atoms with E-state index in [9.17, 15) is 9.59 Å². The van der Waals surface area contributed by atoms with E-state index in [1.807, 2.05) is 98.8 Å². The number of ether oxygens (including phenoxy) is 6. The first kappa shape index (κ1) is 39.3. The maximum absolute atomic E-state index is 14.0. The van der Waals surface area contributed by atoms with Gasteiger partial charge in [0.05, 0.1) is 53.8 Å². The van der Waals surface area contributed by atoms with Crippen LogP contribution in [0.1, 0.15) is 43.0 Å². The van der Waals surface area contributed by atoms with Crippen LogP contribution in [0, 0.1) is 13.8 Å². The van der Waals surface area contributed by atoms with Crippen molar-refractivity contribution in [2.45, 2.75) is 26.7 Å². The minimum absolute atomic E-state index is 0.300. The lowest BCUT2D eigenvalue weighted by atomic mass is 9.87. The Kier molecular flexibility index (Phi) is 12.2. The Morgan fingerprint density at radius 3 is 1.14 bits per heavy atom. The Labute approximate surface area is 327 Å². The predicted octanol–water partition coefficient (Wildman–Crippen LogP) is 8.27. The molecule has 2 amide bonds. The Balaban J connectivity index is 1.52. The number of aryl methyl sites for hydroxylation is 2. The smallest absolute Gasteiger partial charge is 0.255 e. The molecule has 6 aromatic carbocycles. The molecule has 0 bridgehead atoms. The molecule has 0 radical (unpaired) electrons.